The molecule has 0 bridgehead atoms. The fourth-order valence-electron chi connectivity index (χ4n) is 2.43. The lowest BCUT2D eigenvalue weighted by Crippen LogP contribution is -2.13. The number of hydrogen-bond donors (Lipinski definition) is 1. The van der Waals surface area contributed by atoms with E-state index in [4.69, 9.17) is 5.11 Å². The van der Waals surface area contributed by atoms with Crippen molar-refractivity contribution in [3.63, 3.8) is 0 Å². The van der Waals surface area contributed by atoms with Crippen LogP contribution in [0.2, 0.25) is 0 Å². The molecule has 0 radical (unpaired) electrons. The van der Waals surface area contributed by atoms with Crippen molar-refractivity contribution in [1.82, 2.24) is 0 Å². The van der Waals surface area contributed by atoms with Crippen LogP contribution in [-0.2, 0) is 0 Å². The van der Waals surface area contributed by atoms with Crippen LogP contribution < -0.4 is 0 Å². The van der Waals surface area contributed by atoms with E-state index < -0.39 is 0 Å². The Balaban J connectivity index is 2.21. The van der Waals surface area contributed by atoms with Crippen LogP contribution in [0.1, 0.15) is 46.0 Å². The van der Waals surface area contributed by atoms with E-state index in [0.717, 1.165) is 11.8 Å². The predicted octanol–water partition coefficient (Wildman–Crippen LogP) is 2.83. The molecule has 72 valence electrons. The lowest BCUT2D eigenvalue weighted by atomic mass is 9.86. The lowest BCUT2D eigenvalue weighted by molar-refractivity contribution is 0.197. The third-order valence-corrected chi connectivity index (χ3v) is 3.29. The van der Waals surface area contributed by atoms with E-state index >= 15 is 0 Å². The van der Waals surface area contributed by atoms with Gasteiger partial charge in [0.25, 0.3) is 0 Å². The molecule has 1 nitrogen and oxygen atoms in total. The van der Waals surface area contributed by atoms with Crippen LogP contribution >= 0.6 is 0 Å². The summed E-state index contributed by atoms with van der Waals surface area (Å²) in [6.07, 6.45) is 6.94. The smallest absolute Gasteiger partial charge is 0.0456 e. The van der Waals surface area contributed by atoms with Gasteiger partial charge in [-0.3, -0.25) is 0 Å². The summed E-state index contributed by atoms with van der Waals surface area (Å²) in [6.45, 7) is 4.85. The average molecular weight is 170 g/mol. The Morgan fingerprint density at radius 3 is 2.33 bits per heavy atom. The highest BCUT2D eigenvalue weighted by Gasteiger charge is 2.22. The van der Waals surface area contributed by atoms with Crippen LogP contribution in [0.4, 0.5) is 0 Å². The monoisotopic (exact) mass is 170 g/mol. The van der Waals surface area contributed by atoms with E-state index in [0.29, 0.717) is 12.5 Å². The van der Waals surface area contributed by atoms with Gasteiger partial charge in [0.2, 0.25) is 0 Å². The van der Waals surface area contributed by atoms with Crippen LogP contribution in [0.5, 0.6) is 0 Å². The third kappa shape index (κ3) is 2.78. The van der Waals surface area contributed by atoms with Crippen molar-refractivity contribution in [3.8, 4) is 0 Å². The fraction of sp³-hybridized carbons (Fsp3) is 1.00. The average Bonchev–Trinajstić information content (AvgIpc) is 2.56. The topological polar surface area (TPSA) is 20.2 Å². The third-order valence-electron chi connectivity index (χ3n) is 3.29. The summed E-state index contributed by atoms with van der Waals surface area (Å²) in [7, 11) is 0. The molecule has 1 aliphatic carbocycles. The van der Waals surface area contributed by atoms with Crippen molar-refractivity contribution in [2.24, 2.45) is 17.8 Å². The van der Waals surface area contributed by atoms with Crippen LogP contribution in [0.25, 0.3) is 0 Å². The Hall–Kier alpha value is -0.0400. The first-order chi connectivity index (χ1) is 5.74. The molecule has 0 amide bonds. The molecule has 0 aliphatic heterocycles. The quantitative estimate of drug-likeness (QED) is 0.688. The molecule has 1 fully saturated rings. The molecule has 1 rings (SSSR count). The van der Waals surface area contributed by atoms with Gasteiger partial charge >= 0.3 is 0 Å². The minimum atomic E-state index is 0.358. The molecule has 0 aromatic heterocycles. The van der Waals surface area contributed by atoms with E-state index in [9.17, 15) is 0 Å². The summed E-state index contributed by atoms with van der Waals surface area (Å²) in [5, 5.41) is 8.93. The van der Waals surface area contributed by atoms with E-state index in [1.165, 1.54) is 32.1 Å². The molecule has 0 spiro atoms. The van der Waals surface area contributed by atoms with Crippen molar-refractivity contribution in [3.05, 3.63) is 0 Å². The molecule has 2 unspecified atom stereocenters. The van der Waals surface area contributed by atoms with Gasteiger partial charge in [-0.25, -0.2) is 0 Å². The van der Waals surface area contributed by atoms with Gasteiger partial charge in [-0.05, 0) is 24.2 Å². The normalized spacial score (nSPS) is 24.2. The molecular weight excluding hydrogens is 148 g/mol. The zero-order valence-electron chi connectivity index (χ0n) is 8.42. The minimum absolute atomic E-state index is 0.358. The van der Waals surface area contributed by atoms with Crippen molar-refractivity contribution >= 4 is 0 Å². The van der Waals surface area contributed by atoms with E-state index in [2.05, 4.69) is 13.8 Å². The second-order valence-electron chi connectivity index (χ2n) is 4.55. The molecule has 1 aliphatic rings. The predicted molar refractivity (Wildman–Crippen MR) is 52.0 cm³/mol. The standard InChI is InChI=1S/C11H22O/c1-9(8-12)7-10(2)11-5-3-4-6-11/h9-12H,3-8H2,1-2H3. The number of rotatable bonds is 4. The molecule has 0 aromatic rings. The van der Waals surface area contributed by atoms with Crippen molar-refractivity contribution in [1.29, 1.82) is 0 Å². The van der Waals surface area contributed by atoms with Gasteiger partial charge < -0.3 is 5.11 Å². The van der Waals surface area contributed by atoms with E-state index in [1.807, 2.05) is 0 Å². The molecule has 1 N–H and O–H groups in total. The zero-order valence-corrected chi connectivity index (χ0v) is 8.42. The molecule has 0 saturated heterocycles. The van der Waals surface area contributed by atoms with Gasteiger partial charge in [-0.15, -0.1) is 0 Å². The summed E-state index contributed by atoms with van der Waals surface area (Å²) in [5.41, 5.74) is 0. The first kappa shape index (κ1) is 10.0. The van der Waals surface area contributed by atoms with Crippen LogP contribution in [0.3, 0.4) is 0 Å². The summed E-state index contributed by atoms with van der Waals surface area (Å²) < 4.78 is 0. The molecule has 0 aromatic carbocycles. The zero-order chi connectivity index (χ0) is 8.97. The summed E-state index contributed by atoms with van der Waals surface area (Å²) >= 11 is 0. The van der Waals surface area contributed by atoms with Gasteiger partial charge in [0, 0.05) is 6.61 Å². The minimum Gasteiger partial charge on any atom is -0.396 e. The lowest BCUT2D eigenvalue weighted by Gasteiger charge is -2.21. The number of aliphatic hydroxyl groups is 1. The Morgan fingerprint density at radius 1 is 1.25 bits per heavy atom. The second kappa shape index (κ2) is 4.86. The highest BCUT2D eigenvalue weighted by atomic mass is 16.3. The maximum absolute atomic E-state index is 8.93. The van der Waals surface area contributed by atoms with Crippen molar-refractivity contribution in [2.45, 2.75) is 46.0 Å². The van der Waals surface area contributed by atoms with Crippen molar-refractivity contribution in [2.75, 3.05) is 6.61 Å². The number of hydrogen-bond acceptors (Lipinski definition) is 1. The molecule has 2 atom stereocenters. The maximum Gasteiger partial charge on any atom is 0.0456 e. The Labute approximate surface area is 76.2 Å². The van der Waals surface area contributed by atoms with Crippen molar-refractivity contribution < 1.29 is 5.11 Å². The van der Waals surface area contributed by atoms with Gasteiger partial charge in [0.05, 0.1) is 0 Å². The maximum atomic E-state index is 8.93. The highest BCUT2D eigenvalue weighted by molar-refractivity contribution is 4.73. The van der Waals surface area contributed by atoms with Crippen LogP contribution in [0.15, 0.2) is 0 Å². The molecular formula is C11H22O. The van der Waals surface area contributed by atoms with Gasteiger partial charge in [-0.2, -0.15) is 0 Å². The SMILES string of the molecule is CC(CO)CC(C)C1CCCC1. The highest BCUT2D eigenvalue weighted by Crippen LogP contribution is 2.34. The van der Waals surface area contributed by atoms with E-state index in [-0.39, 0.29) is 0 Å². The summed E-state index contributed by atoms with van der Waals surface area (Å²) in [6, 6.07) is 0. The van der Waals surface area contributed by atoms with Gasteiger partial charge in [0.15, 0.2) is 0 Å². The molecule has 12 heavy (non-hydrogen) atoms. The molecule has 1 heteroatoms. The summed E-state index contributed by atoms with van der Waals surface area (Å²) in [5.74, 6) is 2.29. The van der Waals surface area contributed by atoms with Gasteiger partial charge in [0.1, 0.15) is 0 Å². The largest absolute Gasteiger partial charge is 0.396 e. The fourth-order valence-corrected chi connectivity index (χ4v) is 2.43. The Kier molecular flexibility index (Phi) is 4.07. The molecule has 0 heterocycles. The van der Waals surface area contributed by atoms with Crippen LogP contribution in [0, 0.1) is 17.8 Å². The summed E-state index contributed by atoms with van der Waals surface area (Å²) in [4.78, 5) is 0. The molecule has 1 saturated carbocycles. The Bertz CT molecular complexity index is 116. The second-order valence-corrected chi connectivity index (χ2v) is 4.55. The van der Waals surface area contributed by atoms with Crippen LogP contribution in [-0.4, -0.2) is 11.7 Å². The Morgan fingerprint density at radius 2 is 1.83 bits per heavy atom. The van der Waals surface area contributed by atoms with Gasteiger partial charge in [-0.1, -0.05) is 39.5 Å². The van der Waals surface area contributed by atoms with E-state index in [1.54, 1.807) is 0 Å². The first-order valence-corrected chi connectivity index (χ1v) is 5.35. The first-order valence-electron chi connectivity index (χ1n) is 5.35. The number of aliphatic hydroxyl groups excluding tert-OH is 1.